The number of rotatable bonds is 42. The maximum atomic E-state index is 11.6. The Kier molecular flexibility index (Phi) is 34.0. The number of aliphatic hydroxyl groups is 4. The third kappa shape index (κ3) is 25.8. The average molecular weight is 1880 g/mol. The predicted molar refractivity (Wildman–Crippen MR) is 499 cm³/mol. The minimum atomic E-state index is -0.662. The van der Waals surface area contributed by atoms with Crippen molar-refractivity contribution in [3.05, 3.63) is 257 Å². The van der Waals surface area contributed by atoms with E-state index in [1.54, 1.807) is 24.3 Å². The summed E-state index contributed by atoms with van der Waals surface area (Å²) in [6.45, 7) is -0.812. The Morgan fingerprint density at radius 3 is 0.382 bits per heavy atom. The Morgan fingerprint density at radius 1 is 0.140 bits per heavy atom. The summed E-state index contributed by atoms with van der Waals surface area (Å²) in [5.41, 5.74) is 10.9. The number of aliphatic hydroxyl groups excluding tert-OH is 4. The number of phenols is 28. The van der Waals surface area contributed by atoms with E-state index < -0.39 is 150 Å². The van der Waals surface area contributed by atoms with Gasteiger partial charge in [0, 0.05) is 26.4 Å². The molecular formula is C104H116O32. The molecule has 12 rings (SSSR count). The zero-order valence-electron chi connectivity index (χ0n) is 74.3. The van der Waals surface area contributed by atoms with Gasteiger partial charge in [0.15, 0.2) is 138 Å². The fraction of sp³-hybridized carbons (Fsp3) is 0.308. The van der Waals surface area contributed by atoms with Crippen molar-refractivity contribution in [2.45, 2.75) is 154 Å². The van der Waals surface area contributed by atoms with Gasteiger partial charge in [0.1, 0.15) is 23.0 Å². The van der Waals surface area contributed by atoms with E-state index in [2.05, 4.69) is 0 Å². The Bertz CT molecular complexity index is 5350. The smallest absolute Gasteiger partial charge is 0.200 e. The van der Waals surface area contributed by atoms with Crippen LogP contribution < -0.4 is 0 Å². The lowest BCUT2D eigenvalue weighted by atomic mass is 9.79. The zero-order valence-corrected chi connectivity index (χ0v) is 74.3. The lowest BCUT2D eigenvalue weighted by Crippen LogP contribution is -2.24. The molecule has 32 N–H and O–H groups in total. The van der Waals surface area contributed by atoms with Crippen LogP contribution in [-0.2, 0) is 128 Å². The van der Waals surface area contributed by atoms with E-state index in [0.29, 0.717) is 140 Å². The van der Waals surface area contributed by atoms with Gasteiger partial charge in [-0.2, -0.15) is 0 Å². The second kappa shape index (κ2) is 45.5. The van der Waals surface area contributed by atoms with Crippen LogP contribution in [0.15, 0.2) is 146 Å². The molecule has 0 amide bonds. The second-order valence-electron chi connectivity index (χ2n) is 34.9. The number of hydrogen-bond acceptors (Lipinski definition) is 32. The van der Waals surface area contributed by atoms with Crippen molar-refractivity contribution in [3.8, 4) is 161 Å². The first-order valence-corrected chi connectivity index (χ1v) is 44.4. The first-order valence-electron chi connectivity index (χ1n) is 44.4. The van der Waals surface area contributed by atoms with E-state index in [0.717, 1.165) is 22.3 Å². The largest absolute Gasteiger partial charge is 0.507 e. The predicted octanol–water partition coefficient (Wildman–Crippen LogP) is 13.0. The van der Waals surface area contributed by atoms with E-state index >= 15 is 0 Å². The highest BCUT2D eigenvalue weighted by molar-refractivity contribution is 5.60. The van der Waals surface area contributed by atoms with Crippen LogP contribution in [0, 0.1) is 23.7 Å². The van der Waals surface area contributed by atoms with Gasteiger partial charge >= 0.3 is 0 Å². The molecule has 724 valence electrons. The fourth-order valence-corrected chi connectivity index (χ4v) is 17.7. The van der Waals surface area contributed by atoms with Crippen molar-refractivity contribution in [1.29, 1.82) is 0 Å². The molecule has 0 unspecified atom stereocenters. The van der Waals surface area contributed by atoms with Crippen LogP contribution in [-0.4, -0.2) is 190 Å². The molecule has 12 aromatic rings. The first-order chi connectivity index (χ1) is 64.7. The molecule has 0 spiro atoms. The van der Waals surface area contributed by atoms with E-state index in [1.165, 1.54) is 97.1 Å². The average Bonchev–Trinajstić information content (AvgIpc) is 0.814. The van der Waals surface area contributed by atoms with Gasteiger partial charge in [-0.05, 0) is 386 Å². The molecule has 0 bridgehead atoms. The molecule has 0 heterocycles. The number of phenolic OH excluding ortho intramolecular Hbond substituents is 28. The molecule has 4 atom stereocenters. The summed E-state index contributed by atoms with van der Waals surface area (Å²) in [7, 11) is 0. The molecule has 136 heavy (non-hydrogen) atoms. The summed E-state index contributed by atoms with van der Waals surface area (Å²) >= 11 is 0. The molecule has 0 saturated carbocycles. The van der Waals surface area contributed by atoms with Crippen molar-refractivity contribution in [2.75, 3.05) is 26.4 Å². The molecule has 0 saturated heterocycles. The van der Waals surface area contributed by atoms with Crippen molar-refractivity contribution >= 4 is 0 Å². The van der Waals surface area contributed by atoms with Gasteiger partial charge in [0.25, 0.3) is 0 Å². The maximum absolute atomic E-state index is 11.6. The number of aryl methyl sites for hydroxylation is 16. The van der Waals surface area contributed by atoms with Gasteiger partial charge in [0.2, 0.25) is 0 Å². The van der Waals surface area contributed by atoms with Gasteiger partial charge in [-0.25, -0.2) is 0 Å². The summed E-state index contributed by atoms with van der Waals surface area (Å²) in [4.78, 5) is 0. The van der Waals surface area contributed by atoms with E-state index in [-0.39, 0.29) is 164 Å². The molecule has 0 aliphatic heterocycles. The third-order valence-electron chi connectivity index (χ3n) is 25.1. The lowest BCUT2D eigenvalue weighted by Gasteiger charge is -2.27. The summed E-state index contributed by atoms with van der Waals surface area (Å²) in [6.07, 6.45) is 6.76. The summed E-state index contributed by atoms with van der Waals surface area (Å²) in [5.74, 6) is -15.0. The molecule has 32 heteroatoms. The number of aromatic hydroxyl groups is 28. The Morgan fingerprint density at radius 2 is 0.265 bits per heavy atom. The van der Waals surface area contributed by atoms with Gasteiger partial charge in [-0.3, -0.25) is 0 Å². The summed E-state index contributed by atoms with van der Waals surface area (Å²) in [5, 5.41) is 330. The van der Waals surface area contributed by atoms with Crippen LogP contribution in [0.3, 0.4) is 0 Å². The van der Waals surface area contributed by atoms with Crippen LogP contribution in [0.5, 0.6) is 161 Å². The van der Waals surface area contributed by atoms with Gasteiger partial charge in [0.05, 0.1) is 0 Å². The molecular weight excluding hydrogens is 1760 g/mol. The highest BCUT2D eigenvalue weighted by Crippen LogP contribution is 2.47. The highest BCUT2D eigenvalue weighted by atomic mass is 16.4. The Hall–Kier alpha value is -15.1. The second-order valence-corrected chi connectivity index (χ2v) is 34.9. The van der Waals surface area contributed by atoms with E-state index in [1.807, 2.05) is 24.3 Å². The van der Waals surface area contributed by atoms with Crippen LogP contribution in [0.25, 0.3) is 0 Å². The fourth-order valence-electron chi connectivity index (χ4n) is 17.7. The Balaban J connectivity index is 0.000000261. The standard InChI is InChI=1S/2C52H58O16/c2*53-11-1-2-33(12-31-13-34(7-3-27-18-39(55)49(65)40(56)19-27)47(63)35(14-31)8-4-28-20-41(57)50(66)42(58)21-28)38(26-54)17-32-15-36(9-5-29-22-43(59)51(67)44(60)23-29)48(64)37(16-32)10-6-30-24-45(61)52(68)46(62)25-30/h2*13-16,18-25,33,38,53-68H,1-12,17,26H2/t2*33-,38+/m10/s1. The van der Waals surface area contributed by atoms with Gasteiger partial charge in [-0.15, -0.1) is 0 Å². The SMILES string of the molecule is OCCC[C@@H](Cc1cc(CCc2cc(O)c(O)c(O)c2)c(O)c(CCc2cc(O)c(O)c(O)c2)c1)[C@@H](CO)Cc1cc(CCc2cc(O)c(O)c(O)c2)c(O)c(CCc2cc(O)c(O)c(O)c2)c1.OCCC[C@H](Cc1cc(CCc2cc(O)c(O)c(O)c2)c(O)c(CCc2cc(O)c(O)c(O)c2)c1)[C@H](CO)Cc1cc(CCc2cc(O)c(O)c(O)c2)c(O)c(CCc2cc(O)c(O)c(O)c2)c1. The van der Waals surface area contributed by atoms with Crippen molar-refractivity contribution < 1.29 is 163 Å². The van der Waals surface area contributed by atoms with Crippen LogP contribution in [0.1, 0.15) is 137 Å². The van der Waals surface area contributed by atoms with Crippen molar-refractivity contribution in [2.24, 2.45) is 23.7 Å². The monoisotopic (exact) mass is 1880 g/mol. The normalized spacial score (nSPS) is 12.3. The maximum Gasteiger partial charge on any atom is 0.200 e. The number of benzene rings is 12. The third-order valence-corrected chi connectivity index (χ3v) is 25.1. The molecule has 0 fully saturated rings. The lowest BCUT2D eigenvalue weighted by molar-refractivity contribution is 0.158. The van der Waals surface area contributed by atoms with Gasteiger partial charge in [-0.1, -0.05) is 48.5 Å². The minimum absolute atomic E-state index is 0.0292. The summed E-state index contributed by atoms with van der Waals surface area (Å²) in [6, 6.07) is 35.4. The number of hydrogen-bond donors (Lipinski definition) is 32. The van der Waals surface area contributed by atoms with E-state index in [4.69, 9.17) is 0 Å². The first kappa shape index (κ1) is 101. The molecule has 0 radical (unpaired) electrons. The highest BCUT2D eigenvalue weighted by Gasteiger charge is 2.29. The molecule has 0 aliphatic rings. The molecule has 12 aromatic carbocycles. The van der Waals surface area contributed by atoms with E-state index in [9.17, 15) is 163 Å². The van der Waals surface area contributed by atoms with Crippen LogP contribution >= 0.6 is 0 Å². The minimum Gasteiger partial charge on any atom is -0.507 e. The van der Waals surface area contributed by atoms with Crippen LogP contribution in [0.4, 0.5) is 0 Å². The molecule has 0 aliphatic carbocycles. The summed E-state index contributed by atoms with van der Waals surface area (Å²) < 4.78 is 0. The van der Waals surface area contributed by atoms with Crippen LogP contribution in [0.2, 0.25) is 0 Å². The van der Waals surface area contributed by atoms with Crippen molar-refractivity contribution in [1.82, 2.24) is 0 Å². The van der Waals surface area contributed by atoms with Crippen molar-refractivity contribution in [3.63, 3.8) is 0 Å². The molecule has 0 aromatic heterocycles. The topological polar surface area (TPSA) is 647 Å². The molecule has 32 nitrogen and oxygen atoms in total. The Labute approximate surface area is 781 Å². The van der Waals surface area contributed by atoms with Gasteiger partial charge < -0.3 is 163 Å². The zero-order chi connectivity index (χ0) is 98.8. The quantitative estimate of drug-likeness (QED) is 0.0158.